The van der Waals surface area contributed by atoms with Crippen LogP contribution in [0, 0.1) is 6.57 Å². The second-order valence-electron chi connectivity index (χ2n) is 4.65. The normalized spacial score (nSPS) is 10.9. The molecular weight excluding hydrogens is 248 g/mol. The molecule has 4 rings (SSSR count). The van der Waals surface area contributed by atoms with Crippen molar-refractivity contribution in [3.63, 3.8) is 0 Å². The van der Waals surface area contributed by atoms with Gasteiger partial charge in [-0.2, -0.15) is 0 Å². The third-order valence-corrected chi connectivity index (χ3v) is 3.54. The molecule has 94 valence electrons. The number of rotatable bonds is 1. The molecule has 0 aliphatic rings. The number of H-pyrrole nitrogens is 2. The average molecular weight is 258 g/mol. The molecule has 3 aromatic heterocycles. The first-order valence-electron chi connectivity index (χ1n) is 6.28. The second kappa shape index (κ2) is 3.97. The summed E-state index contributed by atoms with van der Waals surface area (Å²) in [7, 11) is 0. The molecule has 4 heteroatoms. The lowest BCUT2D eigenvalue weighted by atomic mass is 10.0. The fourth-order valence-corrected chi connectivity index (χ4v) is 2.58. The van der Waals surface area contributed by atoms with E-state index in [1.807, 2.05) is 42.7 Å². The summed E-state index contributed by atoms with van der Waals surface area (Å²) >= 11 is 0. The van der Waals surface area contributed by atoms with Gasteiger partial charge in [0.25, 0.3) is 0 Å². The average Bonchev–Trinajstić information content (AvgIpc) is 3.09. The van der Waals surface area contributed by atoms with E-state index in [-0.39, 0.29) is 0 Å². The van der Waals surface area contributed by atoms with E-state index in [2.05, 4.69) is 19.8 Å². The van der Waals surface area contributed by atoms with Gasteiger partial charge in [-0.25, -0.2) is 9.83 Å². The van der Waals surface area contributed by atoms with E-state index in [1.54, 1.807) is 6.20 Å². The van der Waals surface area contributed by atoms with Crippen LogP contribution in [0.3, 0.4) is 0 Å². The van der Waals surface area contributed by atoms with Crippen LogP contribution < -0.4 is 0 Å². The molecular formula is C16H10N4. The van der Waals surface area contributed by atoms with E-state index in [0.29, 0.717) is 5.69 Å². The highest BCUT2D eigenvalue weighted by atomic mass is 14.8. The number of hydrogen-bond acceptors (Lipinski definition) is 1. The first kappa shape index (κ1) is 10.8. The van der Waals surface area contributed by atoms with Crippen molar-refractivity contribution >= 4 is 27.6 Å². The van der Waals surface area contributed by atoms with Crippen LogP contribution in [-0.2, 0) is 0 Å². The molecule has 3 heterocycles. The first-order valence-corrected chi connectivity index (χ1v) is 6.28. The zero-order chi connectivity index (χ0) is 13.5. The fourth-order valence-electron chi connectivity index (χ4n) is 2.58. The lowest BCUT2D eigenvalue weighted by molar-refractivity contribution is 1.33. The molecule has 0 fully saturated rings. The summed E-state index contributed by atoms with van der Waals surface area (Å²) in [5, 5.41) is 2.14. The van der Waals surface area contributed by atoms with E-state index >= 15 is 0 Å². The number of aromatic amines is 2. The number of pyridine rings is 1. The largest absolute Gasteiger partial charge is 0.361 e. The highest BCUT2D eigenvalue weighted by molar-refractivity contribution is 6.04. The Labute approximate surface area is 114 Å². The van der Waals surface area contributed by atoms with Crippen molar-refractivity contribution in [1.29, 1.82) is 0 Å². The Kier molecular flexibility index (Phi) is 2.15. The third-order valence-electron chi connectivity index (χ3n) is 3.54. The summed E-state index contributed by atoms with van der Waals surface area (Å²) in [6.07, 6.45) is 5.72. The molecule has 0 saturated heterocycles. The quantitative estimate of drug-likeness (QED) is 0.492. The maximum Gasteiger partial charge on any atom is 0.188 e. The Morgan fingerprint density at radius 2 is 1.85 bits per heavy atom. The monoisotopic (exact) mass is 258 g/mol. The molecule has 0 aliphatic heterocycles. The highest BCUT2D eigenvalue weighted by Crippen LogP contribution is 2.34. The van der Waals surface area contributed by atoms with Gasteiger partial charge in [-0.3, -0.25) is 0 Å². The summed E-state index contributed by atoms with van der Waals surface area (Å²) in [6.45, 7) is 7.15. The lowest BCUT2D eigenvalue weighted by Gasteiger charge is -1.98. The van der Waals surface area contributed by atoms with Gasteiger partial charge in [0.2, 0.25) is 0 Å². The van der Waals surface area contributed by atoms with Crippen molar-refractivity contribution in [3.05, 3.63) is 60.3 Å². The van der Waals surface area contributed by atoms with Gasteiger partial charge < -0.3 is 9.97 Å². The predicted molar refractivity (Wildman–Crippen MR) is 79.6 cm³/mol. The van der Waals surface area contributed by atoms with Crippen molar-refractivity contribution in [1.82, 2.24) is 15.0 Å². The zero-order valence-corrected chi connectivity index (χ0v) is 10.5. The smallest absolute Gasteiger partial charge is 0.188 e. The molecule has 20 heavy (non-hydrogen) atoms. The van der Waals surface area contributed by atoms with Gasteiger partial charge in [0.1, 0.15) is 5.65 Å². The number of nitrogens with one attached hydrogen (secondary N) is 2. The molecule has 0 radical (unpaired) electrons. The second-order valence-corrected chi connectivity index (χ2v) is 4.65. The van der Waals surface area contributed by atoms with Crippen LogP contribution in [0.5, 0.6) is 0 Å². The summed E-state index contributed by atoms with van der Waals surface area (Å²) < 4.78 is 0. The van der Waals surface area contributed by atoms with Crippen LogP contribution in [0.25, 0.3) is 37.9 Å². The molecule has 0 saturated carbocycles. The number of hydrogen-bond donors (Lipinski definition) is 2. The van der Waals surface area contributed by atoms with Gasteiger partial charge in [-0.1, -0.05) is 6.07 Å². The molecule has 0 atom stereocenters. The van der Waals surface area contributed by atoms with Crippen molar-refractivity contribution < 1.29 is 0 Å². The SMILES string of the molecule is [C-]#[N+]c1ccc2[nH]cc(-c3c[nH]c4ncccc34)c2c1. The van der Waals surface area contributed by atoms with Gasteiger partial charge in [-0.05, 0) is 29.7 Å². The van der Waals surface area contributed by atoms with Gasteiger partial charge in [-0.15, -0.1) is 0 Å². The minimum atomic E-state index is 0.649. The highest BCUT2D eigenvalue weighted by Gasteiger charge is 2.11. The van der Waals surface area contributed by atoms with Crippen molar-refractivity contribution in [3.8, 4) is 11.1 Å². The van der Waals surface area contributed by atoms with Gasteiger partial charge in [0, 0.05) is 40.6 Å². The van der Waals surface area contributed by atoms with Crippen LogP contribution in [0.2, 0.25) is 0 Å². The van der Waals surface area contributed by atoms with Crippen LogP contribution in [0.1, 0.15) is 0 Å². The Balaban J connectivity index is 2.05. The maximum absolute atomic E-state index is 7.15. The number of nitrogens with zero attached hydrogens (tertiary/aromatic N) is 2. The molecule has 2 N–H and O–H groups in total. The molecule has 4 nitrogen and oxygen atoms in total. The zero-order valence-electron chi connectivity index (χ0n) is 10.5. The number of fused-ring (bicyclic) bond motifs is 2. The summed E-state index contributed by atoms with van der Waals surface area (Å²) in [5.41, 5.74) is 4.74. The molecule has 4 aromatic rings. The fraction of sp³-hybridized carbons (Fsp3) is 0. The van der Waals surface area contributed by atoms with E-state index < -0.39 is 0 Å². The van der Waals surface area contributed by atoms with E-state index in [0.717, 1.165) is 33.1 Å². The van der Waals surface area contributed by atoms with E-state index in [4.69, 9.17) is 6.57 Å². The molecule has 0 unspecified atom stereocenters. The van der Waals surface area contributed by atoms with Crippen LogP contribution in [-0.4, -0.2) is 15.0 Å². The topological polar surface area (TPSA) is 48.8 Å². The summed E-state index contributed by atoms with van der Waals surface area (Å²) in [5.74, 6) is 0. The molecule has 0 amide bonds. The van der Waals surface area contributed by atoms with Gasteiger partial charge in [0.05, 0.1) is 6.57 Å². The summed E-state index contributed by atoms with van der Waals surface area (Å²) in [6, 6.07) is 9.67. The lowest BCUT2D eigenvalue weighted by Crippen LogP contribution is -1.75. The standard InChI is InChI=1S/C16H10N4/c1-17-10-4-5-15-12(7-10)14(8-19-15)13-9-20-16-11(13)3-2-6-18-16/h2-9,19H,(H,18,20). The summed E-state index contributed by atoms with van der Waals surface area (Å²) in [4.78, 5) is 14.3. The van der Waals surface area contributed by atoms with Crippen LogP contribution in [0.15, 0.2) is 48.9 Å². The van der Waals surface area contributed by atoms with Gasteiger partial charge >= 0.3 is 0 Å². The van der Waals surface area contributed by atoms with Gasteiger partial charge in [0.15, 0.2) is 5.69 Å². The first-order chi connectivity index (χ1) is 9.86. The molecule has 1 aromatic carbocycles. The minimum absolute atomic E-state index is 0.649. The molecule has 0 spiro atoms. The Morgan fingerprint density at radius 3 is 2.75 bits per heavy atom. The minimum Gasteiger partial charge on any atom is -0.361 e. The van der Waals surface area contributed by atoms with E-state index in [9.17, 15) is 0 Å². The Bertz CT molecular complexity index is 969. The predicted octanol–water partition coefficient (Wildman–Crippen LogP) is 4.26. The third kappa shape index (κ3) is 1.44. The molecule has 0 bridgehead atoms. The maximum atomic E-state index is 7.15. The van der Waals surface area contributed by atoms with Crippen LogP contribution >= 0.6 is 0 Å². The van der Waals surface area contributed by atoms with Crippen LogP contribution in [0.4, 0.5) is 5.69 Å². The number of benzene rings is 1. The van der Waals surface area contributed by atoms with Crippen molar-refractivity contribution in [2.45, 2.75) is 0 Å². The Morgan fingerprint density at radius 1 is 1.00 bits per heavy atom. The molecule has 0 aliphatic carbocycles. The van der Waals surface area contributed by atoms with Crippen molar-refractivity contribution in [2.75, 3.05) is 0 Å². The van der Waals surface area contributed by atoms with Crippen molar-refractivity contribution in [2.24, 2.45) is 0 Å². The number of aromatic nitrogens is 3. The van der Waals surface area contributed by atoms with E-state index in [1.165, 1.54) is 0 Å². The Hall–Kier alpha value is -3.06.